The summed E-state index contributed by atoms with van der Waals surface area (Å²) in [6.45, 7) is 4.31. The van der Waals surface area contributed by atoms with Gasteiger partial charge in [-0.05, 0) is 59.9 Å². The predicted octanol–water partition coefficient (Wildman–Crippen LogP) is 4.95. The maximum atomic E-state index is 13.3. The first-order valence-corrected chi connectivity index (χ1v) is 12.2. The molecule has 8 nitrogen and oxygen atoms in total. The van der Waals surface area contributed by atoms with Crippen LogP contribution in [0, 0.1) is 5.41 Å². The topological polar surface area (TPSA) is 131 Å². The van der Waals surface area contributed by atoms with Crippen LogP contribution >= 0.6 is 0 Å². The van der Waals surface area contributed by atoms with Crippen molar-refractivity contribution in [2.24, 2.45) is 5.73 Å². The smallest absolute Gasteiger partial charge is 0.243 e. The average molecular weight is 497 g/mol. The van der Waals surface area contributed by atoms with Gasteiger partial charge in [-0.3, -0.25) is 10.2 Å². The normalized spacial score (nSPS) is 11.8. The Morgan fingerprint density at radius 3 is 2.46 bits per heavy atom. The van der Waals surface area contributed by atoms with Gasteiger partial charge in [0.2, 0.25) is 5.91 Å². The summed E-state index contributed by atoms with van der Waals surface area (Å²) in [5.41, 5.74) is 10.8. The van der Waals surface area contributed by atoms with Gasteiger partial charge in [-0.15, -0.1) is 0 Å². The minimum Gasteiger partial charge on any atom is -0.508 e. The highest BCUT2D eigenvalue weighted by atomic mass is 16.3. The number of benzene rings is 3. The van der Waals surface area contributed by atoms with E-state index < -0.39 is 0 Å². The molecule has 0 saturated carbocycles. The van der Waals surface area contributed by atoms with Gasteiger partial charge in [-0.1, -0.05) is 50.2 Å². The summed E-state index contributed by atoms with van der Waals surface area (Å²) >= 11 is 0. The van der Waals surface area contributed by atoms with Crippen LogP contribution < -0.4 is 16.0 Å². The first-order valence-electron chi connectivity index (χ1n) is 12.2. The third-order valence-electron chi connectivity index (χ3n) is 6.28. The highest BCUT2D eigenvalue weighted by Crippen LogP contribution is 2.30. The number of amidine groups is 1. The molecule has 0 radical (unpaired) electrons. The number of nitrogens with two attached hydrogens (primary N) is 1. The van der Waals surface area contributed by atoms with Gasteiger partial charge in [-0.25, -0.2) is 4.98 Å². The van der Waals surface area contributed by atoms with Crippen LogP contribution in [0.2, 0.25) is 0 Å². The number of aromatic hydroxyl groups is 1. The molecular weight excluding hydrogens is 464 g/mol. The van der Waals surface area contributed by atoms with Gasteiger partial charge in [-0.2, -0.15) is 0 Å². The number of carbonyl (C=O) groups excluding carboxylic acids is 1. The van der Waals surface area contributed by atoms with E-state index in [1.807, 2.05) is 59.5 Å². The summed E-state index contributed by atoms with van der Waals surface area (Å²) in [5, 5.41) is 20.6. The molecule has 0 saturated heterocycles. The molecule has 1 aromatic heterocycles. The highest BCUT2D eigenvalue weighted by Gasteiger charge is 2.25. The van der Waals surface area contributed by atoms with Crippen molar-refractivity contribution < 1.29 is 9.90 Å². The second kappa shape index (κ2) is 11.4. The molecule has 4 aromatic rings. The number of rotatable bonds is 10. The van der Waals surface area contributed by atoms with Gasteiger partial charge in [0.05, 0.1) is 30.8 Å². The molecule has 1 atom stereocenters. The van der Waals surface area contributed by atoms with Crippen LogP contribution in [0.3, 0.4) is 0 Å². The number of phenolic OH excluding ortho intramolecular Hbond substituents is 1. The Morgan fingerprint density at radius 2 is 1.84 bits per heavy atom. The number of aromatic nitrogens is 2. The lowest BCUT2D eigenvalue weighted by molar-refractivity contribution is -0.115. The number of carbonyl (C=O) groups is 1. The van der Waals surface area contributed by atoms with Crippen molar-refractivity contribution in [2.45, 2.75) is 32.2 Å². The van der Waals surface area contributed by atoms with Crippen molar-refractivity contribution in [3.05, 3.63) is 108 Å². The number of hydrogen-bond acceptors (Lipinski definition) is 5. The van der Waals surface area contributed by atoms with E-state index in [4.69, 9.17) is 11.1 Å². The third-order valence-corrected chi connectivity index (χ3v) is 6.28. The molecule has 0 aliphatic rings. The molecule has 1 heterocycles. The summed E-state index contributed by atoms with van der Waals surface area (Å²) in [6, 6.07) is 21.9. The Bertz CT molecular complexity index is 1330. The highest BCUT2D eigenvalue weighted by molar-refractivity contribution is 5.97. The number of amides is 1. The van der Waals surface area contributed by atoms with Crippen LogP contribution in [0.5, 0.6) is 5.75 Å². The Kier molecular flexibility index (Phi) is 7.88. The van der Waals surface area contributed by atoms with Gasteiger partial charge < -0.3 is 26.0 Å². The predicted molar refractivity (Wildman–Crippen MR) is 147 cm³/mol. The monoisotopic (exact) mass is 496 g/mol. The van der Waals surface area contributed by atoms with E-state index in [1.165, 1.54) is 5.56 Å². The quantitative estimate of drug-likeness (QED) is 0.157. The number of hydrogen-bond donors (Lipinski definition) is 5. The largest absolute Gasteiger partial charge is 0.508 e. The standard InChI is InChI=1S/C29H32N6O2/c1-19(2)21-8-10-23(11-9-21)34-28(37)17-35(24-5-3-4-22(15-24)29(30)31)27(26-16-32-18-33-26)14-20-6-12-25(36)13-7-20/h3-13,15-16,18-19,27,36H,14,17H2,1-2H3,(H3,30,31)(H,32,33)(H,34,37). The summed E-state index contributed by atoms with van der Waals surface area (Å²) in [7, 11) is 0. The minimum absolute atomic E-state index is 0.0480. The van der Waals surface area contributed by atoms with Crippen LogP contribution in [0.1, 0.15) is 48.2 Å². The van der Waals surface area contributed by atoms with Gasteiger partial charge in [0.1, 0.15) is 11.6 Å². The zero-order valence-electron chi connectivity index (χ0n) is 21.0. The van der Waals surface area contributed by atoms with E-state index in [9.17, 15) is 9.90 Å². The second-order valence-corrected chi connectivity index (χ2v) is 9.31. The molecular formula is C29H32N6O2. The lowest BCUT2D eigenvalue weighted by atomic mass is 10.0. The molecule has 37 heavy (non-hydrogen) atoms. The molecule has 0 aliphatic carbocycles. The van der Waals surface area contributed by atoms with Crippen LogP contribution in [0.4, 0.5) is 11.4 Å². The first-order chi connectivity index (χ1) is 17.8. The van der Waals surface area contributed by atoms with Gasteiger partial charge in [0.15, 0.2) is 0 Å². The molecule has 8 heteroatoms. The number of aromatic amines is 1. The molecule has 190 valence electrons. The molecule has 0 aliphatic heterocycles. The summed E-state index contributed by atoms with van der Waals surface area (Å²) < 4.78 is 0. The molecule has 0 bridgehead atoms. The van der Waals surface area contributed by atoms with Gasteiger partial charge in [0, 0.05) is 16.9 Å². The molecule has 6 N–H and O–H groups in total. The SMILES string of the molecule is CC(C)c1ccc(NC(=O)CN(c2cccc(C(=N)N)c2)C(Cc2ccc(O)cc2)c2cnc[nH]2)cc1. The lowest BCUT2D eigenvalue weighted by Crippen LogP contribution is -2.37. The fourth-order valence-corrected chi connectivity index (χ4v) is 4.23. The molecule has 1 amide bonds. The second-order valence-electron chi connectivity index (χ2n) is 9.31. The van der Waals surface area contributed by atoms with E-state index in [1.54, 1.807) is 30.7 Å². The Hall–Kier alpha value is -4.59. The Labute approximate surface area is 216 Å². The zero-order chi connectivity index (χ0) is 26.4. The van der Waals surface area contributed by atoms with Crippen molar-refractivity contribution in [3.8, 4) is 5.75 Å². The number of H-pyrrole nitrogens is 1. The summed E-state index contributed by atoms with van der Waals surface area (Å²) in [5.74, 6) is 0.369. The van der Waals surface area contributed by atoms with Crippen molar-refractivity contribution in [3.63, 3.8) is 0 Å². The van der Waals surface area contributed by atoms with Crippen molar-refractivity contribution in [1.82, 2.24) is 9.97 Å². The van der Waals surface area contributed by atoms with E-state index in [0.717, 1.165) is 22.6 Å². The number of nitrogen functional groups attached to an aromatic ring is 1. The maximum absolute atomic E-state index is 13.3. The fraction of sp³-hybridized carbons (Fsp3) is 0.207. The lowest BCUT2D eigenvalue weighted by Gasteiger charge is -2.33. The maximum Gasteiger partial charge on any atom is 0.243 e. The summed E-state index contributed by atoms with van der Waals surface area (Å²) in [4.78, 5) is 22.7. The molecule has 4 rings (SSSR count). The summed E-state index contributed by atoms with van der Waals surface area (Å²) in [6.07, 6.45) is 3.90. The van der Waals surface area contributed by atoms with Crippen molar-refractivity contribution in [1.29, 1.82) is 5.41 Å². The number of phenols is 1. The van der Waals surface area contributed by atoms with E-state index in [-0.39, 0.29) is 30.1 Å². The first kappa shape index (κ1) is 25.5. The number of nitrogens with zero attached hydrogens (tertiary/aromatic N) is 2. The minimum atomic E-state index is -0.289. The van der Waals surface area contributed by atoms with Crippen molar-refractivity contribution in [2.75, 3.05) is 16.8 Å². The Morgan fingerprint density at radius 1 is 1.11 bits per heavy atom. The van der Waals surface area contributed by atoms with E-state index in [2.05, 4.69) is 29.1 Å². The van der Waals surface area contributed by atoms with E-state index >= 15 is 0 Å². The van der Waals surface area contributed by atoms with Crippen LogP contribution in [-0.2, 0) is 11.2 Å². The zero-order valence-corrected chi connectivity index (χ0v) is 21.0. The fourth-order valence-electron chi connectivity index (χ4n) is 4.23. The average Bonchev–Trinajstić information content (AvgIpc) is 3.42. The molecule has 3 aromatic carbocycles. The van der Waals surface area contributed by atoms with Crippen LogP contribution in [0.25, 0.3) is 0 Å². The third kappa shape index (κ3) is 6.55. The van der Waals surface area contributed by atoms with Crippen LogP contribution in [0.15, 0.2) is 85.3 Å². The number of imidazole rings is 1. The van der Waals surface area contributed by atoms with E-state index in [0.29, 0.717) is 17.9 Å². The van der Waals surface area contributed by atoms with Crippen LogP contribution in [-0.4, -0.2) is 33.4 Å². The Balaban J connectivity index is 1.67. The number of anilines is 2. The molecule has 1 unspecified atom stereocenters. The van der Waals surface area contributed by atoms with Crippen molar-refractivity contribution >= 4 is 23.1 Å². The van der Waals surface area contributed by atoms with Gasteiger partial charge in [0.25, 0.3) is 0 Å². The molecule has 0 fully saturated rings. The molecule has 0 spiro atoms. The van der Waals surface area contributed by atoms with Gasteiger partial charge >= 0.3 is 0 Å². The number of nitrogens with one attached hydrogen (secondary N) is 3.